The third-order valence-corrected chi connectivity index (χ3v) is 2.65. The molecule has 0 radical (unpaired) electrons. The molecule has 1 aliphatic heterocycles. The number of nitrogens with two attached hydrogens (primary N) is 1. The van der Waals surface area contributed by atoms with Gasteiger partial charge in [0.15, 0.2) is 0 Å². The Bertz CT molecular complexity index is 325. The average molecular weight is 222 g/mol. The average Bonchev–Trinajstić information content (AvgIpc) is 2.82. The van der Waals surface area contributed by atoms with Crippen LogP contribution in [0.4, 0.5) is 0 Å². The minimum absolute atomic E-state index is 0.276. The van der Waals surface area contributed by atoms with E-state index >= 15 is 0 Å². The van der Waals surface area contributed by atoms with Gasteiger partial charge in [-0.25, -0.2) is 0 Å². The molecule has 1 unspecified atom stereocenters. The van der Waals surface area contributed by atoms with E-state index in [-0.39, 0.29) is 6.10 Å². The third-order valence-electron chi connectivity index (χ3n) is 2.65. The van der Waals surface area contributed by atoms with Crippen molar-refractivity contribution in [3.8, 4) is 0 Å². The van der Waals surface area contributed by atoms with E-state index in [0.29, 0.717) is 19.8 Å². The van der Waals surface area contributed by atoms with Crippen molar-refractivity contribution < 1.29 is 9.47 Å². The predicted molar refractivity (Wildman–Crippen MR) is 60.8 cm³/mol. The van der Waals surface area contributed by atoms with Crippen LogP contribution in [-0.4, -0.2) is 24.3 Å². The Morgan fingerprint density at radius 2 is 2.31 bits per heavy atom. The molecule has 88 valence electrons. The lowest BCUT2D eigenvalue weighted by Crippen LogP contribution is -2.14. The van der Waals surface area contributed by atoms with Gasteiger partial charge in [-0.15, -0.1) is 0 Å². The van der Waals surface area contributed by atoms with Crippen molar-refractivity contribution in [2.45, 2.75) is 32.1 Å². The van der Waals surface area contributed by atoms with Crippen molar-refractivity contribution in [2.75, 3.05) is 13.2 Å². The molecular formula is C12H18N2O2. The van der Waals surface area contributed by atoms with Crippen molar-refractivity contribution in [1.29, 1.82) is 0 Å². The highest BCUT2D eigenvalue weighted by molar-refractivity contribution is 5.10. The summed E-state index contributed by atoms with van der Waals surface area (Å²) >= 11 is 0. The summed E-state index contributed by atoms with van der Waals surface area (Å²) in [7, 11) is 0. The van der Waals surface area contributed by atoms with Crippen molar-refractivity contribution in [3.05, 3.63) is 29.6 Å². The zero-order valence-corrected chi connectivity index (χ0v) is 9.39. The highest BCUT2D eigenvalue weighted by Gasteiger charge is 2.15. The summed E-state index contributed by atoms with van der Waals surface area (Å²) in [6, 6.07) is 5.83. The van der Waals surface area contributed by atoms with Crippen molar-refractivity contribution in [1.82, 2.24) is 4.98 Å². The third kappa shape index (κ3) is 3.27. The molecule has 4 heteroatoms. The molecule has 1 aliphatic rings. The van der Waals surface area contributed by atoms with Gasteiger partial charge in [-0.3, -0.25) is 4.98 Å². The molecule has 1 aromatic heterocycles. The van der Waals surface area contributed by atoms with Gasteiger partial charge in [0.05, 0.1) is 30.7 Å². The summed E-state index contributed by atoms with van der Waals surface area (Å²) in [5.41, 5.74) is 7.36. The second kappa shape index (κ2) is 5.94. The van der Waals surface area contributed by atoms with Gasteiger partial charge in [-0.2, -0.15) is 0 Å². The van der Waals surface area contributed by atoms with Crippen LogP contribution in [0, 0.1) is 0 Å². The van der Waals surface area contributed by atoms with Gasteiger partial charge in [0.1, 0.15) is 0 Å². The van der Waals surface area contributed by atoms with Crippen molar-refractivity contribution >= 4 is 0 Å². The molecule has 1 atom stereocenters. The van der Waals surface area contributed by atoms with E-state index in [1.165, 1.54) is 0 Å². The number of hydrogen-bond acceptors (Lipinski definition) is 4. The number of pyridine rings is 1. The van der Waals surface area contributed by atoms with Crippen LogP contribution in [0.15, 0.2) is 18.2 Å². The molecule has 2 heterocycles. The molecule has 0 aromatic carbocycles. The number of ether oxygens (including phenoxy) is 2. The van der Waals surface area contributed by atoms with Crippen LogP contribution in [0.3, 0.4) is 0 Å². The zero-order chi connectivity index (χ0) is 11.2. The normalized spacial score (nSPS) is 20.2. The fraction of sp³-hybridized carbons (Fsp3) is 0.583. The molecule has 16 heavy (non-hydrogen) atoms. The van der Waals surface area contributed by atoms with Gasteiger partial charge in [-0.05, 0) is 25.0 Å². The first-order chi connectivity index (χ1) is 7.88. The largest absolute Gasteiger partial charge is 0.376 e. The molecule has 0 aliphatic carbocycles. The molecule has 0 spiro atoms. The highest BCUT2D eigenvalue weighted by Crippen LogP contribution is 2.12. The van der Waals surface area contributed by atoms with Crippen LogP contribution >= 0.6 is 0 Å². The Kier molecular flexibility index (Phi) is 4.27. The van der Waals surface area contributed by atoms with Gasteiger partial charge in [-0.1, -0.05) is 6.07 Å². The summed E-state index contributed by atoms with van der Waals surface area (Å²) in [6.45, 7) is 2.54. The standard InChI is InChI=1S/C12H18N2O2/c13-7-10-3-1-4-11(14-10)8-15-9-12-5-2-6-16-12/h1,3-4,12H,2,5-9,13H2. The Hall–Kier alpha value is -0.970. The van der Waals surface area contributed by atoms with E-state index < -0.39 is 0 Å². The first-order valence-electron chi connectivity index (χ1n) is 5.72. The monoisotopic (exact) mass is 222 g/mol. The molecule has 4 nitrogen and oxygen atoms in total. The summed E-state index contributed by atoms with van der Waals surface area (Å²) in [6.07, 6.45) is 2.53. The summed E-state index contributed by atoms with van der Waals surface area (Å²) < 4.78 is 11.0. The number of hydrogen-bond donors (Lipinski definition) is 1. The van der Waals surface area contributed by atoms with Gasteiger partial charge in [0.25, 0.3) is 0 Å². The quantitative estimate of drug-likeness (QED) is 0.814. The smallest absolute Gasteiger partial charge is 0.0889 e. The van der Waals surface area contributed by atoms with Crippen LogP contribution < -0.4 is 5.73 Å². The van der Waals surface area contributed by atoms with E-state index in [4.69, 9.17) is 15.2 Å². The molecule has 0 saturated carbocycles. The minimum atomic E-state index is 0.276. The molecule has 0 amide bonds. The Morgan fingerprint density at radius 1 is 1.44 bits per heavy atom. The molecule has 1 aromatic rings. The van der Waals surface area contributed by atoms with E-state index in [1.54, 1.807) is 0 Å². The lowest BCUT2D eigenvalue weighted by atomic mass is 10.2. The molecule has 2 rings (SSSR count). The summed E-state index contributed by atoms with van der Waals surface area (Å²) in [5, 5.41) is 0. The van der Waals surface area contributed by atoms with Crippen LogP contribution in [0.2, 0.25) is 0 Å². The zero-order valence-electron chi connectivity index (χ0n) is 9.39. The van der Waals surface area contributed by atoms with Gasteiger partial charge >= 0.3 is 0 Å². The lowest BCUT2D eigenvalue weighted by Gasteiger charge is -2.10. The number of nitrogens with zero attached hydrogens (tertiary/aromatic N) is 1. The molecule has 1 saturated heterocycles. The fourth-order valence-electron chi connectivity index (χ4n) is 1.79. The van der Waals surface area contributed by atoms with Crippen LogP contribution in [-0.2, 0) is 22.6 Å². The van der Waals surface area contributed by atoms with Gasteiger partial charge in [0, 0.05) is 13.2 Å². The first kappa shape index (κ1) is 11.5. The SMILES string of the molecule is NCc1cccc(COCC2CCCO2)n1. The highest BCUT2D eigenvalue weighted by atomic mass is 16.5. The lowest BCUT2D eigenvalue weighted by molar-refractivity contribution is 0.00962. The Labute approximate surface area is 95.8 Å². The minimum Gasteiger partial charge on any atom is -0.376 e. The van der Waals surface area contributed by atoms with E-state index in [1.807, 2.05) is 18.2 Å². The maximum Gasteiger partial charge on any atom is 0.0889 e. The van der Waals surface area contributed by atoms with Crippen molar-refractivity contribution in [3.63, 3.8) is 0 Å². The molecule has 0 bridgehead atoms. The molecule has 2 N–H and O–H groups in total. The summed E-state index contributed by atoms with van der Waals surface area (Å²) in [4.78, 5) is 4.36. The second-order valence-electron chi connectivity index (χ2n) is 3.97. The van der Waals surface area contributed by atoms with Crippen LogP contribution in [0.5, 0.6) is 0 Å². The first-order valence-corrected chi connectivity index (χ1v) is 5.72. The van der Waals surface area contributed by atoms with Gasteiger partial charge in [0.2, 0.25) is 0 Å². The maximum atomic E-state index is 5.57. The van der Waals surface area contributed by atoms with E-state index in [0.717, 1.165) is 30.8 Å². The maximum absolute atomic E-state index is 5.57. The summed E-state index contributed by atoms with van der Waals surface area (Å²) in [5.74, 6) is 0. The predicted octanol–water partition coefficient (Wildman–Crippen LogP) is 1.24. The molecular weight excluding hydrogens is 204 g/mol. The van der Waals surface area contributed by atoms with Crippen LogP contribution in [0.1, 0.15) is 24.2 Å². The Balaban J connectivity index is 1.75. The number of aromatic nitrogens is 1. The van der Waals surface area contributed by atoms with Crippen LogP contribution in [0.25, 0.3) is 0 Å². The van der Waals surface area contributed by atoms with E-state index in [2.05, 4.69) is 4.98 Å². The second-order valence-corrected chi connectivity index (χ2v) is 3.97. The Morgan fingerprint density at radius 3 is 3.06 bits per heavy atom. The van der Waals surface area contributed by atoms with Gasteiger partial charge < -0.3 is 15.2 Å². The van der Waals surface area contributed by atoms with Crippen molar-refractivity contribution in [2.24, 2.45) is 5.73 Å². The topological polar surface area (TPSA) is 57.4 Å². The van der Waals surface area contributed by atoms with E-state index in [9.17, 15) is 0 Å². The number of rotatable bonds is 5. The molecule has 1 fully saturated rings. The fourth-order valence-corrected chi connectivity index (χ4v) is 1.79.